The number of halogens is 1. The van der Waals surface area contributed by atoms with Gasteiger partial charge in [0.25, 0.3) is 11.8 Å². The van der Waals surface area contributed by atoms with Crippen LogP contribution in [0.2, 0.25) is 0 Å². The molecule has 0 radical (unpaired) electrons. The topological polar surface area (TPSA) is 73.8 Å². The van der Waals surface area contributed by atoms with Crippen molar-refractivity contribution >= 4 is 41.8 Å². The Balaban J connectivity index is 0.00000240. The van der Waals surface area contributed by atoms with Crippen molar-refractivity contribution in [2.24, 2.45) is 4.99 Å². The maximum atomic E-state index is 12.4. The molecule has 2 aliphatic rings. The van der Waals surface area contributed by atoms with Gasteiger partial charge in [-0.05, 0) is 42.5 Å². The Labute approximate surface area is 187 Å². The SMILES string of the molecule is CN=C(NCCN1C(=O)c2ccccc2C1=O)NC1CCc2ccccc2C1.I. The molecule has 2 amide bonds. The molecule has 0 aromatic heterocycles. The molecule has 152 valence electrons. The molecule has 1 atom stereocenters. The summed E-state index contributed by atoms with van der Waals surface area (Å²) in [4.78, 5) is 30.4. The third kappa shape index (κ3) is 4.44. The van der Waals surface area contributed by atoms with Crippen LogP contribution in [-0.4, -0.2) is 48.9 Å². The highest BCUT2D eigenvalue weighted by Crippen LogP contribution is 2.22. The van der Waals surface area contributed by atoms with Gasteiger partial charge in [-0.25, -0.2) is 0 Å². The van der Waals surface area contributed by atoms with Crippen LogP contribution in [0.3, 0.4) is 0 Å². The molecule has 0 bridgehead atoms. The van der Waals surface area contributed by atoms with E-state index in [2.05, 4.69) is 39.9 Å². The number of nitrogens with zero attached hydrogens (tertiary/aromatic N) is 2. The second-order valence-electron chi connectivity index (χ2n) is 7.16. The van der Waals surface area contributed by atoms with E-state index < -0.39 is 0 Å². The van der Waals surface area contributed by atoms with E-state index in [0.717, 1.165) is 19.3 Å². The first-order valence-electron chi connectivity index (χ1n) is 9.66. The van der Waals surface area contributed by atoms with Crippen molar-refractivity contribution in [2.75, 3.05) is 20.1 Å². The first-order chi connectivity index (χ1) is 13.7. The molecule has 1 aliphatic carbocycles. The molecule has 1 aliphatic heterocycles. The van der Waals surface area contributed by atoms with Gasteiger partial charge in [-0.1, -0.05) is 36.4 Å². The molecule has 6 nitrogen and oxygen atoms in total. The highest BCUT2D eigenvalue weighted by Gasteiger charge is 2.34. The molecule has 1 heterocycles. The van der Waals surface area contributed by atoms with Gasteiger partial charge in [0.1, 0.15) is 0 Å². The van der Waals surface area contributed by atoms with Crippen LogP contribution in [0.4, 0.5) is 0 Å². The van der Waals surface area contributed by atoms with Gasteiger partial charge in [0, 0.05) is 26.2 Å². The van der Waals surface area contributed by atoms with E-state index in [-0.39, 0.29) is 35.8 Å². The Morgan fingerprint density at radius 1 is 1.03 bits per heavy atom. The summed E-state index contributed by atoms with van der Waals surface area (Å²) in [6.45, 7) is 0.759. The van der Waals surface area contributed by atoms with Crippen LogP contribution in [-0.2, 0) is 12.8 Å². The summed E-state index contributed by atoms with van der Waals surface area (Å²) < 4.78 is 0. The predicted molar refractivity (Wildman–Crippen MR) is 124 cm³/mol. The van der Waals surface area contributed by atoms with Gasteiger partial charge in [0.05, 0.1) is 11.1 Å². The molecule has 4 rings (SSSR count). The molecule has 2 aromatic rings. The van der Waals surface area contributed by atoms with E-state index in [1.54, 1.807) is 31.3 Å². The fourth-order valence-corrected chi connectivity index (χ4v) is 3.94. The Bertz CT molecular complexity index is 909. The lowest BCUT2D eigenvalue weighted by Gasteiger charge is -2.27. The third-order valence-corrected chi connectivity index (χ3v) is 5.42. The zero-order valence-electron chi connectivity index (χ0n) is 16.4. The van der Waals surface area contributed by atoms with Crippen LogP contribution >= 0.6 is 24.0 Å². The molecular formula is C22H25IN4O2. The maximum absolute atomic E-state index is 12.4. The zero-order valence-corrected chi connectivity index (χ0v) is 18.7. The second kappa shape index (κ2) is 9.39. The number of amides is 2. The predicted octanol–water partition coefficient (Wildman–Crippen LogP) is 2.62. The number of imide groups is 1. The standard InChI is InChI=1S/C22H24N4O2.HI/c1-23-22(25-17-11-10-15-6-2-3-7-16(15)14-17)24-12-13-26-20(27)18-8-4-5-9-19(18)21(26)28;/h2-9,17H,10-14H2,1H3,(H2,23,24,25);1H. The number of hydrogen-bond acceptors (Lipinski definition) is 3. The van der Waals surface area contributed by atoms with E-state index in [4.69, 9.17) is 0 Å². The third-order valence-electron chi connectivity index (χ3n) is 5.42. The monoisotopic (exact) mass is 504 g/mol. The van der Waals surface area contributed by atoms with Crippen LogP contribution in [0, 0.1) is 0 Å². The average Bonchev–Trinajstić information content (AvgIpc) is 2.98. The number of carbonyl (C=O) groups excluding carboxylic acids is 2. The Morgan fingerprint density at radius 2 is 1.66 bits per heavy atom. The Hall–Kier alpha value is -2.42. The number of aliphatic imine (C=N–C) groups is 1. The van der Waals surface area contributed by atoms with Crippen LogP contribution in [0.1, 0.15) is 38.3 Å². The highest BCUT2D eigenvalue weighted by atomic mass is 127. The van der Waals surface area contributed by atoms with Gasteiger partial charge in [0.2, 0.25) is 0 Å². The molecule has 0 saturated carbocycles. The van der Waals surface area contributed by atoms with E-state index in [9.17, 15) is 9.59 Å². The highest BCUT2D eigenvalue weighted by molar-refractivity contribution is 14.0. The fourth-order valence-electron chi connectivity index (χ4n) is 3.94. The molecule has 2 aromatic carbocycles. The minimum atomic E-state index is -0.228. The lowest BCUT2D eigenvalue weighted by atomic mass is 9.88. The van der Waals surface area contributed by atoms with Gasteiger partial charge in [-0.15, -0.1) is 24.0 Å². The van der Waals surface area contributed by atoms with Crippen LogP contribution < -0.4 is 10.6 Å². The fraction of sp³-hybridized carbons (Fsp3) is 0.318. The van der Waals surface area contributed by atoms with Crippen molar-refractivity contribution in [2.45, 2.75) is 25.3 Å². The quantitative estimate of drug-likeness (QED) is 0.291. The number of fused-ring (bicyclic) bond motifs is 2. The van der Waals surface area contributed by atoms with Crippen molar-refractivity contribution in [1.29, 1.82) is 0 Å². The summed E-state index contributed by atoms with van der Waals surface area (Å²) in [5.41, 5.74) is 3.77. The lowest BCUT2D eigenvalue weighted by molar-refractivity contribution is 0.0657. The molecule has 2 N–H and O–H groups in total. The van der Waals surface area contributed by atoms with Gasteiger partial charge < -0.3 is 10.6 Å². The number of carbonyl (C=O) groups is 2. The van der Waals surface area contributed by atoms with E-state index in [0.29, 0.717) is 36.2 Å². The molecule has 0 spiro atoms. The van der Waals surface area contributed by atoms with Gasteiger partial charge in [-0.2, -0.15) is 0 Å². The summed E-state index contributed by atoms with van der Waals surface area (Å²) in [7, 11) is 1.73. The van der Waals surface area contributed by atoms with Crippen molar-refractivity contribution in [3.8, 4) is 0 Å². The van der Waals surface area contributed by atoms with Crippen molar-refractivity contribution in [3.63, 3.8) is 0 Å². The van der Waals surface area contributed by atoms with Crippen LogP contribution in [0.5, 0.6) is 0 Å². The summed E-state index contributed by atoms with van der Waals surface area (Å²) in [6, 6.07) is 15.8. The Morgan fingerprint density at radius 3 is 2.31 bits per heavy atom. The number of hydrogen-bond donors (Lipinski definition) is 2. The number of guanidine groups is 1. The number of nitrogens with one attached hydrogen (secondary N) is 2. The molecule has 0 saturated heterocycles. The van der Waals surface area contributed by atoms with Gasteiger partial charge in [-0.3, -0.25) is 19.5 Å². The van der Waals surface area contributed by atoms with Crippen molar-refractivity contribution < 1.29 is 9.59 Å². The minimum Gasteiger partial charge on any atom is -0.355 e. The summed E-state index contributed by atoms with van der Waals surface area (Å²) in [6.07, 6.45) is 3.07. The van der Waals surface area contributed by atoms with Crippen molar-refractivity contribution in [3.05, 3.63) is 70.8 Å². The average molecular weight is 504 g/mol. The maximum Gasteiger partial charge on any atom is 0.261 e. The molecule has 29 heavy (non-hydrogen) atoms. The summed E-state index contributed by atoms with van der Waals surface area (Å²) in [5, 5.41) is 6.69. The zero-order chi connectivity index (χ0) is 19.5. The molecular weight excluding hydrogens is 479 g/mol. The summed E-state index contributed by atoms with van der Waals surface area (Å²) in [5.74, 6) is 0.240. The van der Waals surface area contributed by atoms with Crippen molar-refractivity contribution in [1.82, 2.24) is 15.5 Å². The lowest BCUT2D eigenvalue weighted by Crippen LogP contribution is -2.47. The first-order valence-corrected chi connectivity index (χ1v) is 9.66. The van der Waals surface area contributed by atoms with Crippen LogP contribution in [0.25, 0.3) is 0 Å². The van der Waals surface area contributed by atoms with Gasteiger partial charge in [0.15, 0.2) is 5.96 Å². The first kappa shape index (κ1) is 21.3. The van der Waals surface area contributed by atoms with E-state index in [1.165, 1.54) is 16.0 Å². The van der Waals surface area contributed by atoms with E-state index >= 15 is 0 Å². The number of rotatable bonds is 4. The number of benzene rings is 2. The molecule has 0 fully saturated rings. The number of aryl methyl sites for hydroxylation is 1. The molecule has 7 heteroatoms. The second-order valence-corrected chi connectivity index (χ2v) is 7.16. The normalized spacial score (nSPS) is 18.0. The van der Waals surface area contributed by atoms with E-state index in [1.807, 2.05) is 0 Å². The Kier molecular flexibility index (Phi) is 6.89. The summed E-state index contributed by atoms with van der Waals surface area (Å²) >= 11 is 0. The largest absolute Gasteiger partial charge is 0.355 e. The molecule has 1 unspecified atom stereocenters. The smallest absolute Gasteiger partial charge is 0.261 e. The van der Waals surface area contributed by atoms with Crippen LogP contribution in [0.15, 0.2) is 53.5 Å². The minimum absolute atomic E-state index is 0. The van der Waals surface area contributed by atoms with Gasteiger partial charge >= 0.3 is 0 Å².